The highest BCUT2D eigenvalue weighted by atomic mass is 16.5. The number of ether oxygens (including phenoxy) is 2. The van der Waals surface area contributed by atoms with Crippen LogP contribution in [0.1, 0.15) is 35.8 Å². The molecule has 0 saturated carbocycles. The van der Waals surface area contributed by atoms with Crippen LogP contribution in [-0.2, 0) is 4.79 Å². The minimum atomic E-state index is -0.983. The van der Waals surface area contributed by atoms with Crippen LogP contribution >= 0.6 is 0 Å². The van der Waals surface area contributed by atoms with Crippen molar-refractivity contribution in [3.05, 3.63) is 59.7 Å². The molecule has 0 saturated heterocycles. The lowest BCUT2D eigenvalue weighted by Gasteiger charge is -2.23. The second kappa shape index (κ2) is 8.89. The second-order valence-corrected chi connectivity index (χ2v) is 5.79. The van der Waals surface area contributed by atoms with E-state index in [0.29, 0.717) is 23.7 Å². The van der Waals surface area contributed by atoms with E-state index in [-0.39, 0.29) is 5.91 Å². The average Bonchev–Trinajstić information content (AvgIpc) is 2.66. The van der Waals surface area contributed by atoms with E-state index in [9.17, 15) is 14.7 Å². The fraction of sp³-hybridized carbons (Fsp3) is 0.300. The van der Waals surface area contributed by atoms with Gasteiger partial charge in [-0.05, 0) is 37.6 Å². The van der Waals surface area contributed by atoms with E-state index < -0.39 is 17.9 Å². The van der Waals surface area contributed by atoms with E-state index in [0.717, 1.165) is 5.56 Å². The van der Waals surface area contributed by atoms with Gasteiger partial charge in [0.15, 0.2) is 11.5 Å². The lowest BCUT2D eigenvalue weighted by Crippen LogP contribution is -2.35. The first kappa shape index (κ1) is 19.3. The van der Waals surface area contributed by atoms with Crippen molar-refractivity contribution in [2.45, 2.75) is 19.9 Å². The number of carbonyl (C=O) groups is 2. The van der Waals surface area contributed by atoms with E-state index in [1.165, 1.54) is 7.11 Å². The summed E-state index contributed by atoms with van der Waals surface area (Å²) < 4.78 is 10.7. The highest BCUT2D eigenvalue weighted by Crippen LogP contribution is 2.29. The van der Waals surface area contributed by atoms with Crippen molar-refractivity contribution in [2.75, 3.05) is 13.7 Å². The zero-order valence-electron chi connectivity index (χ0n) is 15.1. The topological polar surface area (TPSA) is 84.9 Å². The third-order valence-corrected chi connectivity index (χ3v) is 4.06. The van der Waals surface area contributed by atoms with Crippen LogP contribution in [0.15, 0.2) is 48.5 Å². The van der Waals surface area contributed by atoms with E-state index in [1.807, 2.05) is 25.1 Å². The molecule has 0 radical (unpaired) electrons. The Bertz CT molecular complexity index is 760. The summed E-state index contributed by atoms with van der Waals surface area (Å²) in [5, 5.41) is 12.2. The molecular formula is C20H23NO5. The van der Waals surface area contributed by atoms with E-state index in [1.54, 1.807) is 37.3 Å². The number of amides is 1. The van der Waals surface area contributed by atoms with Crippen LogP contribution in [0.3, 0.4) is 0 Å². The maximum Gasteiger partial charge on any atom is 0.308 e. The Kier molecular flexibility index (Phi) is 6.60. The van der Waals surface area contributed by atoms with Crippen LogP contribution in [0.5, 0.6) is 11.5 Å². The van der Waals surface area contributed by atoms with Gasteiger partial charge in [-0.1, -0.05) is 30.3 Å². The normalized spacial score (nSPS) is 12.7. The zero-order chi connectivity index (χ0) is 19.1. The number of rotatable bonds is 8. The number of carboxylic acids is 1. The Balaban J connectivity index is 2.28. The van der Waals surface area contributed by atoms with Crippen molar-refractivity contribution in [3.8, 4) is 11.5 Å². The number of methoxy groups -OCH3 is 1. The fourth-order valence-electron chi connectivity index (χ4n) is 2.61. The molecule has 6 nitrogen and oxygen atoms in total. The first-order chi connectivity index (χ1) is 12.5. The fourth-order valence-corrected chi connectivity index (χ4v) is 2.61. The Morgan fingerprint density at radius 3 is 2.38 bits per heavy atom. The molecule has 2 aromatic rings. The molecule has 2 aromatic carbocycles. The van der Waals surface area contributed by atoms with Crippen molar-refractivity contribution < 1.29 is 24.2 Å². The van der Waals surface area contributed by atoms with Gasteiger partial charge in [-0.2, -0.15) is 0 Å². The van der Waals surface area contributed by atoms with Gasteiger partial charge in [0.1, 0.15) is 0 Å². The molecule has 0 bridgehead atoms. The Hall–Kier alpha value is -3.02. The van der Waals surface area contributed by atoms with Crippen LogP contribution in [0.4, 0.5) is 0 Å². The number of nitrogens with one attached hydrogen (secondary N) is 1. The largest absolute Gasteiger partial charge is 0.493 e. The number of carbonyl (C=O) groups excluding carboxylic acids is 1. The van der Waals surface area contributed by atoms with Crippen molar-refractivity contribution in [1.82, 2.24) is 5.32 Å². The molecule has 1 amide bonds. The summed E-state index contributed by atoms with van der Waals surface area (Å²) in [6.07, 6.45) is 0. The van der Waals surface area contributed by atoms with E-state index >= 15 is 0 Å². The van der Waals surface area contributed by atoms with Gasteiger partial charge in [0.05, 0.1) is 25.7 Å². The molecular weight excluding hydrogens is 334 g/mol. The molecule has 0 spiro atoms. The smallest absolute Gasteiger partial charge is 0.308 e. The molecule has 2 rings (SSSR count). The molecule has 0 aromatic heterocycles. The SMILES string of the molecule is CCOc1ccc(C(=O)NC(c2ccccc2)C(C)C(=O)O)cc1OC. The van der Waals surface area contributed by atoms with Crippen LogP contribution in [0, 0.1) is 5.92 Å². The minimum Gasteiger partial charge on any atom is -0.493 e. The van der Waals surface area contributed by atoms with Crippen LogP contribution in [0.25, 0.3) is 0 Å². The quantitative estimate of drug-likeness (QED) is 0.757. The summed E-state index contributed by atoms with van der Waals surface area (Å²) in [5.41, 5.74) is 1.09. The summed E-state index contributed by atoms with van der Waals surface area (Å²) in [4.78, 5) is 24.2. The molecule has 2 atom stereocenters. The Morgan fingerprint density at radius 1 is 1.12 bits per heavy atom. The average molecular weight is 357 g/mol. The predicted octanol–water partition coefficient (Wildman–Crippen LogP) is 3.29. The summed E-state index contributed by atoms with van der Waals surface area (Å²) in [6, 6.07) is 13.3. The first-order valence-electron chi connectivity index (χ1n) is 8.37. The highest BCUT2D eigenvalue weighted by Gasteiger charge is 2.27. The maximum atomic E-state index is 12.7. The van der Waals surface area contributed by atoms with Gasteiger partial charge in [0.2, 0.25) is 0 Å². The third kappa shape index (κ3) is 4.53. The molecule has 0 aliphatic heterocycles. The van der Waals surface area contributed by atoms with Crippen LogP contribution in [-0.4, -0.2) is 30.7 Å². The summed E-state index contributed by atoms with van der Waals surface area (Å²) in [5.74, 6) is -1.16. The Labute approximate surface area is 152 Å². The van der Waals surface area contributed by atoms with Gasteiger partial charge in [-0.25, -0.2) is 0 Å². The molecule has 0 aliphatic carbocycles. The second-order valence-electron chi connectivity index (χ2n) is 5.79. The van der Waals surface area contributed by atoms with Gasteiger partial charge in [-0.3, -0.25) is 9.59 Å². The number of aliphatic carboxylic acids is 1. The highest BCUT2D eigenvalue weighted by molar-refractivity contribution is 5.95. The van der Waals surface area contributed by atoms with E-state index in [4.69, 9.17) is 9.47 Å². The number of hydrogen-bond acceptors (Lipinski definition) is 4. The molecule has 26 heavy (non-hydrogen) atoms. The predicted molar refractivity (Wildman–Crippen MR) is 97.6 cm³/mol. The van der Waals surface area contributed by atoms with Crippen molar-refractivity contribution in [3.63, 3.8) is 0 Å². The molecule has 138 valence electrons. The number of carboxylic acid groups (broad SMARTS) is 1. The van der Waals surface area contributed by atoms with Gasteiger partial charge in [-0.15, -0.1) is 0 Å². The van der Waals surface area contributed by atoms with Crippen molar-refractivity contribution in [1.29, 1.82) is 0 Å². The third-order valence-electron chi connectivity index (χ3n) is 4.06. The minimum absolute atomic E-state index is 0.365. The number of hydrogen-bond donors (Lipinski definition) is 2. The summed E-state index contributed by atoms with van der Waals surface area (Å²) in [7, 11) is 1.50. The van der Waals surface area contributed by atoms with Gasteiger partial charge >= 0.3 is 5.97 Å². The monoisotopic (exact) mass is 357 g/mol. The van der Waals surface area contributed by atoms with Crippen LogP contribution < -0.4 is 14.8 Å². The lowest BCUT2D eigenvalue weighted by atomic mass is 9.94. The van der Waals surface area contributed by atoms with Gasteiger partial charge in [0, 0.05) is 5.56 Å². The van der Waals surface area contributed by atoms with Crippen molar-refractivity contribution in [2.24, 2.45) is 5.92 Å². The van der Waals surface area contributed by atoms with E-state index in [2.05, 4.69) is 5.32 Å². The van der Waals surface area contributed by atoms with Gasteiger partial charge in [0.25, 0.3) is 5.91 Å². The zero-order valence-corrected chi connectivity index (χ0v) is 15.1. The molecule has 2 unspecified atom stereocenters. The van der Waals surface area contributed by atoms with Crippen LogP contribution in [0.2, 0.25) is 0 Å². The molecule has 0 heterocycles. The molecule has 0 fully saturated rings. The summed E-state index contributed by atoms with van der Waals surface area (Å²) >= 11 is 0. The molecule has 2 N–H and O–H groups in total. The molecule has 6 heteroatoms. The standard InChI is InChI=1S/C20H23NO5/c1-4-26-16-11-10-15(12-17(16)25-3)19(22)21-18(13(2)20(23)24)14-8-6-5-7-9-14/h5-13,18H,4H2,1-3H3,(H,21,22)(H,23,24). The summed E-state index contributed by atoms with van der Waals surface area (Å²) in [6.45, 7) is 3.91. The van der Waals surface area contributed by atoms with Gasteiger partial charge < -0.3 is 19.9 Å². The Morgan fingerprint density at radius 2 is 1.81 bits per heavy atom. The maximum absolute atomic E-state index is 12.7. The lowest BCUT2D eigenvalue weighted by molar-refractivity contribution is -0.142. The van der Waals surface area contributed by atoms with Crippen molar-refractivity contribution >= 4 is 11.9 Å². The number of benzene rings is 2. The first-order valence-corrected chi connectivity index (χ1v) is 8.37. The molecule has 0 aliphatic rings.